The van der Waals surface area contributed by atoms with Crippen LogP contribution < -0.4 is 10.9 Å². The van der Waals surface area contributed by atoms with Crippen molar-refractivity contribution in [3.8, 4) is 0 Å². The zero-order valence-electron chi connectivity index (χ0n) is 22.7. The maximum Gasteiger partial charge on any atom is 0.295 e. The van der Waals surface area contributed by atoms with Gasteiger partial charge in [0.1, 0.15) is 5.52 Å². The van der Waals surface area contributed by atoms with Crippen molar-refractivity contribution < 1.29 is 8.42 Å². The van der Waals surface area contributed by atoms with Gasteiger partial charge in [0.25, 0.3) is 5.56 Å². The van der Waals surface area contributed by atoms with E-state index in [4.69, 9.17) is 4.98 Å². The van der Waals surface area contributed by atoms with Crippen LogP contribution >= 0.6 is 0 Å². The third kappa shape index (κ3) is 5.54. The Morgan fingerprint density at radius 1 is 1.18 bits per heavy atom. The Bertz CT molecular complexity index is 1670. The van der Waals surface area contributed by atoms with E-state index in [0.29, 0.717) is 35.4 Å². The van der Waals surface area contributed by atoms with Gasteiger partial charge in [0, 0.05) is 37.5 Å². The van der Waals surface area contributed by atoms with E-state index in [1.54, 1.807) is 42.1 Å². The van der Waals surface area contributed by atoms with Gasteiger partial charge in [0.2, 0.25) is 0 Å². The van der Waals surface area contributed by atoms with Crippen molar-refractivity contribution in [2.45, 2.75) is 57.0 Å². The molecule has 2 saturated carbocycles. The number of allylic oxidation sites excluding steroid dienone is 2. The quantitative estimate of drug-likeness (QED) is 0.378. The van der Waals surface area contributed by atoms with Crippen LogP contribution in [0.5, 0.6) is 0 Å². The Hall–Kier alpha value is -3.73. The maximum absolute atomic E-state index is 13.8. The average molecular weight is 548 g/mol. The standard InChI is InChI=1S/C28H33N7O3S/c1-16(29-3)23(24(30-4)20-10-11-20)25-32-15-22-27(34-25)35(17(2)19-8-9-19)28(36)26(33-22)31-14-18-6-12-21(13-7-18)39(5,37)38/h6-7,12-13,15,17,19-20H,4,8-11,14H2,1-3,5H3,(H,31,33)/b24-23+,29-16?/t17-/m0/s1. The molecule has 0 saturated heterocycles. The minimum atomic E-state index is -3.28. The molecule has 0 bridgehead atoms. The van der Waals surface area contributed by atoms with Crippen LogP contribution in [0.4, 0.5) is 5.82 Å². The fraction of sp³-hybridized carbons (Fsp3) is 0.429. The minimum Gasteiger partial charge on any atom is -0.361 e. The number of hydrogen-bond donors (Lipinski definition) is 1. The molecule has 1 N–H and O–H groups in total. The molecule has 1 atom stereocenters. The molecule has 2 aliphatic rings. The van der Waals surface area contributed by atoms with Gasteiger partial charge < -0.3 is 5.32 Å². The van der Waals surface area contributed by atoms with E-state index in [-0.39, 0.29) is 22.3 Å². The molecule has 1 aromatic carbocycles. The van der Waals surface area contributed by atoms with Gasteiger partial charge >= 0.3 is 0 Å². The van der Waals surface area contributed by atoms with Gasteiger partial charge in [0.15, 0.2) is 27.1 Å². The minimum absolute atomic E-state index is 0.0610. The third-order valence-electron chi connectivity index (χ3n) is 7.47. The normalized spacial score (nSPS) is 17.6. The summed E-state index contributed by atoms with van der Waals surface area (Å²) in [5.74, 6) is 1.38. The van der Waals surface area contributed by atoms with Crippen molar-refractivity contribution in [2.75, 3.05) is 18.6 Å². The molecule has 10 nitrogen and oxygen atoms in total. The summed E-state index contributed by atoms with van der Waals surface area (Å²) >= 11 is 0. The maximum atomic E-state index is 13.8. The fourth-order valence-electron chi connectivity index (χ4n) is 4.79. The van der Waals surface area contributed by atoms with Crippen LogP contribution in [0.25, 0.3) is 16.7 Å². The lowest BCUT2D eigenvalue weighted by atomic mass is 10.1. The second kappa shape index (κ2) is 10.4. The van der Waals surface area contributed by atoms with E-state index in [9.17, 15) is 13.2 Å². The van der Waals surface area contributed by atoms with E-state index in [1.807, 2.05) is 13.8 Å². The molecule has 2 aromatic heterocycles. The number of benzene rings is 1. The summed E-state index contributed by atoms with van der Waals surface area (Å²) in [5.41, 5.74) is 3.92. The van der Waals surface area contributed by atoms with Gasteiger partial charge in [-0.3, -0.25) is 19.3 Å². The zero-order chi connectivity index (χ0) is 27.9. The lowest BCUT2D eigenvalue weighted by Crippen LogP contribution is -2.29. The molecule has 0 unspecified atom stereocenters. The van der Waals surface area contributed by atoms with Gasteiger partial charge in [-0.25, -0.2) is 23.4 Å². The molecule has 11 heteroatoms. The highest BCUT2D eigenvalue weighted by Gasteiger charge is 2.33. The SMILES string of the molecule is C=N/C(=C(\C(C)=NC)c1ncc2nc(NCc3ccc(S(C)(=O)=O)cc3)c(=O)n([C@@H](C)C3CC3)c2n1)C1CC1. The summed E-state index contributed by atoms with van der Waals surface area (Å²) < 4.78 is 25.3. The van der Waals surface area contributed by atoms with Crippen molar-refractivity contribution in [3.63, 3.8) is 0 Å². The predicted molar refractivity (Wildman–Crippen MR) is 154 cm³/mol. The number of nitrogens with zero attached hydrogens (tertiary/aromatic N) is 6. The number of anilines is 1. The van der Waals surface area contributed by atoms with Crippen molar-refractivity contribution in [3.05, 3.63) is 57.9 Å². The van der Waals surface area contributed by atoms with Gasteiger partial charge in [-0.15, -0.1) is 0 Å². The first kappa shape index (κ1) is 26.9. The van der Waals surface area contributed by atoms with Crippen molar-refractivity contribution in [1.82, 2.24) is 19.5 Å². The molecule has 0 amide bonds. The number of sulfone groups is 1. The Morgan fingerprint density at radius 2 is 1.87 bits per heavy atom. The number of fused-ring (bicyclic) bond motifs is 1. The number of aromatic nitrogens is 4. The number of aliphatic imine (C=N–C) groups is 2. The number of rotatable bonds is 10. The molecule has 5 rings (SSSR count). The summed E-state index contributed by atoms with van der Waals surface area (Å²) in [5, 5.41) is 3.15. The van der Waals surface area contributed by atoms with Crippen molar-refractivity contribution >= 4 is 44.8 Å². The molecule has 39 heavy (non-hydrogen) atoms. The Morgan fingerprint density at radius 3 is 2.44 bits per heavy atom. The highest BCUT2D eigenvalue weighted by atomic mass is 32.2. The van der Waals surface area contributed by atoms with Gasteiger partial charge in [-0.1, -0.05) is 12.1 Å². The Balaban J connectivity index is 1.57. The van der Waals surface area contributed by atoms with Gasteiger partial charge in [-0.05, 0) is 69.9 Å². The largest absolute Gasteiger partial charge is 0.361 e. The topological polar surface area (TPSA) is 132 Å². The fourth-order valence-corrected chi connectivity index (χ4v) is 5.42. The lowest BCUT2D eigenvalue weighted by Gasteiger charge is -2.19. The Kier molecular flexibility index (Phi) is 7.19. The lowest BCUT2D eigenvalue weighted by molar-refractivity contribution is 0.482. The van der Waals surface area contributed by atoms with Crippen LogP contribution in [-0.4, -0.2) is 53.7 Å². The molecule has 2 aliphatic carbocycles. The summed E-state index contributed by atoms with van der Waals surface area (Å²) in [7, 11) is -1.56. The number of hydrogen-bond acceptors (Lipinski definition) is 9. The van der Waals surface area contributed by atoms with Crippen LogP contribution in [-0.2, 0) is 16.4 Å². The second-order valence-electron chi connectivity index (χ2n) is 10.4. The molecule has 0 aliphatic heterocycles. The summed E-state index contributed by atoms with van der Waals surface area (Å²) in [6.45, 7) is 8.05. The monoisotopic (exact) mass is 547 g/mol. The van der Waals surface area contributed by atoms with Gasteiger partial charge in [0.05, 0.1) is 22.4 Å². The summed E-state index contributed by atoms with van der Waals surface area (Å²) in [6, 6.07) is 6.51. The predicted octanol–water partition coefficient (Wildman–Crippen LogP) is 4.09. The van der Waals surface area contributed by atoms with E-state index in [2.05, 4.69) is 32.0 Å². The van der Waals surface area contributed by atoms with E-state index in [1.165, 1.54) is 6.26 Å². The first-order valence-electron chi connectivity index (χ1n) is 13.1. The van der Waals surface area contributed by atoms with Crippen LogP contribution in [0.1, 0.15) is 57.0 Å². The second-order valence-corrected chi connectivity index (χ2v) is 12.4. The smallest absolute Gasteiger partial charge is 0.295 e. The molecule has 0 spiro atoms. The van der Waals surface area contributed by atoms with Crippen LogP contribution in [0, 0.1) is 11.8 Å². The zero-order valence-corrected chi connectivity index (χ0v) is 23.5. The van der Waals surface area contributed by atoms with Gasteiger partial charge in [-0.2, -0.15) is 0 Å². The van der Waals surface area contributed by atoms with E-state index < -0.39 is 9.84 Å². The molecular weight excluding hydrogens is 514 g/mol. The van der Waals surface area contributed by atoms with Crippen molar-refractivity contribution in [1.29, 1.82) is 0 Å². The summed E-state index contributed by atoms with van der Waals surface area (Å²) in [4.78, 5) is 36.9. The average Bonchev–Trinajstić information content (AvgIpc) is 3.83. The Labute approximate surface area is 228 Å². The van der Waals surface area contributed by atoms with E-state index >= 15 is 0 Å². The van der Waals surface area contributed by atoms with Crippen LogP contribution in [0.15, 0.2) is 55.8 Å². The first-order chi connectivity index (χ1) is 18.6. The summed E-state index contributed by atoms with van der Waals surface area (Å²) in [6.07, 6.45) is 7.02. The van der Waals surface area contributed by atoms with Crippen LogP contribution in [0.3, 0.4) is 0 Å². The number of nitrogens with one attached hydrogen (secondary N) is 1. The highest BCUT2D eigenvalue weighted by Crippen LogP contribution is 2.41. The first-order valence-corrected chi connectivity index (χ1v) is 15.0. The molecule has 204 valence electrons. The molecule has 2 heterocycles. The van der Waals surface area contributed by atoms with Crippen LogP contribution in [0.2, 0.25) is 0 Å². The molecule has 2 fully saturated rings. The molecule has 0 radical (unpaired) electrons. The van der Waals surface area contributed by atoms with Crippen molar-refractivity contribution in [2.24, 2.45) is 21.8 Å². The molecular formula is C28H33N7O3S. The molecule has 3 aromatic rings. The third-order valence-corrected chi connectivity index (χ3v) is 8.59. The highest BCUT2D eigenvalue weighted by molar-refractivity contribution is 7.90. The van der Waals surface area contributed by atoms with E-state index in [0.717, 1.165) is 48.2 Å².